The van der Waals surface area contributed by atoms with Gasteiger partial charge in [-0.25, -0.2) is 13.1 Å². The van der Waals surface area contributed by atoms with E-state index in [1.807, 2.05) is 13.8 Å². The van der Waals surface area contributed by atoms with Gasteiger partial charge in [0.2, 0.25) is 10.0 Å². The quantitative estimate of drug-likeness (QED) is 0.838. The van der Waals surface area contributed by atoms with E-state index in [9.17, 15) is 8.42 Å². The number of benzene rings is 1. The highest BCUT2D eigenvalue weighted by atomic mass is 32.2. The highest BCUT2D eigenvalue weighted by Gasteiger charge is 2.24. The monoisotopic (exact) mass is 300 g/mol. The maximum atomic E-state index is 12.4. The smallest absolute Gasteiger partial charge is 0.242 e. The summed E-state index contributed by atoms with van der Waals surface area (Å²) in [6.45, 7) is 3.82. The van der Waals surface area contributed by atoms with E-state index in [4.69, 9.17) is 5.73 Å². The molecule has 0 radical (unpaired) electrons. The Morgan fingerprint density at radius 1 is 1.32 bits per heavy atom. The molecule has 0 saturated carbocycles. The fraction of sp³-hybridized carbons (Fsp3) is 0.538. The molecule has 2 rings (SSSR count). The number of nitrogen functional groups attached to an aromatic ring is 1. The molecule has 1 fully saturated rings. The molecule has 1 aromatic rings. The van der Waals surface area contributed by atoms with Gasteiger partial charge in [-0.15, -0.1) is 0 Å². The van der Waals surface area contributed by atoms with Crippen molar-refractivity contribution in [2.24, 2.45) is 0 Å². The van der Waals surface area contributed by atoms with Crippen LogP contribution in [0.25, 0.3) is 0 Å². The summed E-state index contributed by atoms with van der Waals surface area (Å²) >= 11 is 1.79. The number of sulfonamides is 1. The standard InChI is InChI=1S/C13H20N2O2S2/c1-9-6-12(14)13(7-10(9)2)19(16,17)15-11-4-3-5-18-8-11/h6-7,11,15H,3-5,8,14H2,1-2H3. The summed E-state index contributed by atoms with van der Waals surface area (Å²) in [5.41, 5.74) is 8.12. The van der Waals surface area contributed by atoms with Gasteiger partial charge in [0.25, 0.3) is 0 Å². The molecule has 19 heavy (non-hydrogen) atoms. The van der Waals surface area contributed by atoms with Crippen molar-refractivity contribution in [1.82, 2.24) is 4.72 Å². The van der Waals surface area contributed by atoms with E-state index in [-0.39, 0.29) is 10.9 Å². The van der Waals surface area contributed by atoms with Crippen molar-refractivity contribution in [3.05, 3.63) is 23.3 Å². The number of rotatable bonds is 3. The lowest BCUT2D eigenvalue weighted by atomic mass is 10.1. The van der Waals surface area contributed by atoms with E-state index in [0.717, 1.165) is 35.5 Å². The van der Waals surface area contributed by atoms with Crippen LogP contribution < -0.4 is 10.5 Å². The van der Waals surface area contributed by atoms with E-state index >= 15 is 0 Å². The molecule has 1 aromatic carbocycles. The lowest BCUT2D eigenvalue weighted by Gasteiger charge is -2.23. The van der Waals surface area contributed by atoms with E-state index in [2.05, 4.69) is 4.72 Å². The van der Waals surface area contributed by atoms with Gasteiger partial charge in [-0.2, -0.15) is 11.8 Å². The average Bonchev–Trinajstić information content (AvgIpc) is 2.34. The molecule has 0 bridgehead atoms. The van der Waals surface area contributed by atoms with Crippen LogP contribution in [-0.2, 0) is 10.0 Å². The second kappa shape index (κ2) is 5.73. The highest BCUT2D eigenvalue weighted by molar-refractivity contribution is 7.99. The SMILES string of the molecule is Cc1cc(N)c(S(=O)(=O)NC2CCCSC2)cc1C. The molecule has 1 heterocycles. The summed E-state index contributed by atoms with van der Waals surface area (Å²) in [4.78, 5) is 0.200. The van der Waals surface area contributed by atoms with E-state index < -0.39 is 10.0 Å². The van der Waals surface area contributed by atoms with Crippen LogP contribution in [-0.4, -0.2) is 26.0 Å². The van der Waals surface area contributed by atoms with E-state index in [1.165, 1.54) is 0 Å². The summed E-state index contributed by atoms with van der Waals surface area (Å²) in [6.07, 6.45) is 1.96. The minimum atomic E-state index is -3.52. The molecule has 1 atom stereocenters. The van der Waals surface area contributed by atoms with E-state index in [0.29, 0.717) is 5.69 Å². The molecule has 1 aliphatic heterocycles. The van der Waals surface area contributed by atoms with Gasteiger partial charge in [-0.05, 0) is 55.7 Å². The summed E-state index contributed by atoms with van der Waals surface area (Å²) in [5.74, 6) is 1.95. The Morgan fingerprint density at radius 3 is 2.63 bits per heavy atom. The van der Waals surface area contributed by atoms with Crippen molar-refractivity contribution in [2.75, 3.05) is 17.2 Å². The number of nitrogens with one attached hydrogen (secondary N) is 1. The molecule has 1 saturated heterocycles. The Labute approximate surface area is 119 Å². The molecule has 0 spiro atoms. The van der Waals surface area contributed by atoms with Crippen molar-refractivity contribution in [3.8, 4) is 0 Å². The molecule has 106 valence electrons. The van der Waals surface area contributed by atoms with Crippen molar-refractivity contribution < 1.29 is 8.42 Å². The fourth-order valence-electron chi connectivity index (χ4n) is 2.16. The van der Waals surface area contributed by atoms with E-state index in [1.54, 1.807) is 23.9 Å². The average molecular weight is 300 g/mol. The third-order valence-electron chi connectivity index (χ3n) is 3.40. The molecule has 1 unspecified atom stereocenters. The molecule has 1 aliphatic rings. The Hall–Kier alpha value is -0.720. The normalized spacial score (nSPS) is 20.4. The number of thioether (sulfide) groups is 1. The first-order valence-corrected chi connectivity index (χ1v) is 9.01. The lowest BCUT2D eigenvalue weighted by Crippen LogP contribution is -2.38. The lowest BCUT2D eigenvalue weighted by molar-refractivity contribution is 0.543. The molecular formula is C13H20N2O2S2. The predicted octanol–water partition coefficient (Wildman–Crippen LogP) is 2.06. The van der Waals surface area contributed by atoms with Crippen molar-refractivity contribution in [3.63, 3.8) is 0 Å². The van der Waals surface area contributed by atoms with Gasteiger partial charge >= 0.3 is 0 Å². The first-order valence-electron chi connectivity index (χ1n) is 6.37. The third-order valence-corrected chi connectivity index (χ3v) is 6.19. The van der Waals surface area contributed by atoms with Crippen LogP contribution in [0.5, 0.6) is 0 Å². The number of aryl methyl sites for hydroxylation is 2. The van der Waals surface area contributed by atoms with Gasteiger partial charge < -0.3 is 5.73 Å². The third kappa shape index (κ3) is 3.43. The zero-order valence-electron chi connectivity index (χ0n) is 11.3. The molecule has 0 amide bonds. The van der Waals surface area contributed by atoms with Crippen LogP contribution in [0.2, 0.25) is 0 Å². The van der Waals surface area contributed by atoms with Gasteiger partial charge in [0, 0.05) is 11.8 Å². The number of nitrogens with two attached hydrogens (primary N) is 1. The maximum Gasteiger partial charge on any atom is 0.242 e. The highest BCUT2D eigenvalue weighted by Crippen LogP contribution is 2.24. The first kappa shape index (κ1) is 14.7. The zero-order valence-corrected chi connectivity index (χ0v) is 12.9. The minimum Gasteiger partial charge on any atom is -0.398 e. The van der Waals surface area contributed by atoms with Crippen LogP contribution in [0.4, 0.5) is 5.69 Å². The molecule has 6 heteroatoms. The van der Waals surface area contributed by atoms with Gasteiger partial charge in [0.1, 0.15) is 4.90 Å². The largest absolute Gasteiger partial charge is 0.398 e. The molecule has 0 aromatic heterocycles. The summed E-state index contributed by atoms with van der Waals surface area (Å²) < 4.78 is 27.5. The summed E-state index contributed by atoms with van der Waals surface area (Å²) in [7, 11) is -3.52. The van der Waals surface area contributed by atoms with Gasteiger partial charge in [0.15, 0.2) is 0 Å². The maximum absolute atomic E-state index is 12.4. The molecule has 4 nitrogen and oxygen atoms in total. The number of hydrogen-bond acceptors (Lipinski definition) is 4. The van der Waals surface area contributed by atoms with Crippen LogP contribution >= 0.6 is 11.8 Å². The van der Waals surface area contributed by atoms with Crippen LogP contribution in [0.1, 0.15) is 24.0 Å². The Morgan fingerprint density at radius 2 is 2.00 bits per heavy atom. The van der Waals surface area contributed by atoms with Gasteiger partial charge in [0.05, 0.1) is 5.69 Å². The van der Waals surface area contributed by atoms with Crippen molar-refractivity contribution >= 4 is 27.5 Å². The number of anilines is 1. The Bertz CT molecular complexity index is 564. The molecular weight excluding hydrogens is 280 g/mol. The fourth-order valence-corrected chi connectivity index (χ4v) is 4.81. The second-order valence-electron chi connectivity index (χ2n) is 5.01. The first-order chi connectivity index (χ1) is 8.90. The molecule has 0 aliphatic carbocycles. The molecule has 3 N–H and O–H groups in total. The van der Waals surface area contributed by atoms with Crippen LogP contribution in [0, 0.1) is 13.8 Å². The predicted molar refractivity (Wildman–Crippen MR) is 81.0 cm³/mol. The van der Waals surface area contributed by atoms with Crippen LogP contribution in [0.15, 0.2) is 17.0 Å². The van der Waals surface area contributed by atoms with Crippen molar-refractivity contribution in [1.29, 1.82) is 0 Å². The Balaban J connectivity index is 2.26. The summed E-state index contributed by atoms with van der Waals surface area (Å²) in [6, 6.07) is 3.40. The zero-order chi connectivity index (χ0) is 14.0. The summed E-state index contributed by atoms with van der Waals surface area (Å²) in [5, 5.41) is 0. The van der Waals surface area contributed by atoms with Crippen molar-refractivity contribution in [2.45, 2.75) is 37.6 Å². The Kier molecular flexibility index (Phi) is 4.43. The van der Waals surface area contributed by atoms with Gasteiger partial charge in [-0.3, -0.25) is 0 Å². The van der Waals surface area contributed by atoms with Crippen LogP contribution in [0.3, 0.4) is 0 Å². The minimum absolute atomic E-state index is 0.0183. The number of hydrogen-bond donors (Lipinski definition) is 2. The topological polar surface area (TPSA) is 72.2 Å². The second-order valence-corrected chi connectivity index (χ2v) is 7.84. The van der Waals surface area contributed by atoms with Gasteiger partial charge in [-0.1, -0.05) is 0 Å².